The minimum Gasteiger partial charge on any atom is -0.497 e. The molecule has 0 aliphatic rings. The molecule has 5 heteroatoms. The normalized spacial score (nSPS) is 10.4. The molecule has 0 unspecified atom stereocenters. The van der Waals surface area contributed by atoms with Crippen molar-refractivity contribution in [3.05, 3.63) is 34.2 Å². The zero-order chi connectivity index (χ0) is 13.8. The largest absolute Gasteiger partial charge is 0.497 e. The van der Waals surface area contributed by atoms with E-state index in [-0.39, 0.29) is 6.42 Å². The summed E-state index contributed by atoms with van der Waals surface area (Å²) in [4.78, 5) is 16.2. The van der Waals surface area contributed by atoms with Crippen molar-refractivity contribution >= 4 is 17.3 Å². The highest BCUT2D eigenvalue weighted by Crippen LogP contribution is 2.31. The second kappa shape index (κ2) is 5.84. The summed E-state index contributed by atoms with van der Waals surface area (Å²) in [5.74, 6) is -0.0970. The van der Waals surface area contributed by atoms with Gasteiger partial charge in [0.15, 0.2) is 0 Å². The molecule has 0 saturated carbocycles. The van der Waals surface area contributed by atoms with Gasteiger partial charge in [-0.15, -0.1) is 11.3 Å². The predicted octanol–water partition coefficient (Wildman–Crippen LogP) is 3.01. The summed E-state index contributed by atoms with van der Waals surface area (Å²) < 4.78 is 5.19. The summed E-state index contributed by atoms with van der Waals surface area (Å²) in [6.45, 7) is 2.01. The quantitative estimate of drug-likeness (QED) is 0.912. The number of benzene rings is 1. The third-order valence-electron chi connectivity index (χ3n) is 2.70. The Morgan fingerprint density at radius 1 is 1.47 bits per heavy atom. The van der Waals surface area contributed by atoms with Gasteiger partial charge < -0.3 is 9.84 Å². The molecular weight excluding hydrogens is 262 g/mol. The van der Waals surface area contributed by atoms with Crippen LogP contribution in [0.5, 0.6) is 5.75 Å². The first kappa shape index (κ1) is 13.5. The Hall–Kier alpha value is -1.88. The Morgan fingerprint density at radius 3 is 2.89 bits per heavy atom. The van der Waals surface area contributed by atoms with Crippen LogP contribution in [0, 0.1) is 0 Å². The van der Waals surface area contributed by atoms with E-state index in [1.807, 2.05) is 31.2 Å². The number of nitrogens with zero attached hydrogens (tertiary/aromatic N) is 1. The standard InChI is InChI=1S/C14H15NO3S/c1-3-12-15-14(11(19-12)8-13(16)17)9-5-4-6-10(7-9)18-2/h4-7H,3,8H2,1-2H3,(H,16,17). The Kier molecular flexibility index (Phi) is 4.16. The fourth-order valence-corrected chi connectivity index (χ4v) is 2.83. The molecule has 1 aromatic carbocycles. The van der Waals surface area contributed by atoms with Gasteiger partial charge in [0.05, 0.1) is 24.2 Å². The molecular formula is C14H15NO3S. The van der Waals surface area contributed by atoms with E-state index in [4.69, 9.17) is 9.84 Å². The van der Waals surface area contributed by atoms with E-state index in [0.29, 0.717) is 0 Å². The van der Waals surface area contributed by atoms with Gasteiger partial charge in [0.25, 0.3) is 0 Å². The molecule has 1 heterocycles. The summed E-state index contributed by atoms with van der Waals surface area (Å²) >= 11 is 1.46. The van der Waals surface area contributed by atoms with Gasteiger partial charge in [-0.1, -0.05) is 19.1 Å². The second-order valence-electron chi connectivity index (χ2n) is 4.04. The number of thiazole rings is 1. The lowest BCUT2D eigenvalue weighted by molar-refractivity contribution is -0.136. The van der Waals surface area contributed by atoms with E-state index in [0.717, 1.165) is 33.3 Å². The van der Waals surface area contributed by atoms with Crippen molar-refractivity contribution in [2.45, 2.75) is 19.8 Å². The Morgan fingerprint density at radius 2 is 2.26 bits per heavy atom. The minimum atomic E-state index is -0.838. The first-order chi connectivity index (χ1) is 9.13. The van der Waals surface area contributed by atoms with Gasteiger partial charge in [-0.3, -0.25) is 4.79 Å². The van der Waals surface area contributed by atoms with Crippen molar-refractivity contribution in [2.24, 2.45) is 0 Å². The maximum Gasteiger partial charge on any atom is 0.308 e. The lowest BCUT2D eigenvalue weighted by atomic mass is 10.1. The smallest absolute Gasteiger partial charge is 0.308 e. The molecule has 0 fully saturated rings. The molecule has 1 aromatic heterocycles. The monoisotopic (exact) mass is 277 g/mol. The summed E-state index contributed by atoms with van der Waals surface area (Å²) in [6, 6.07) is 7.53. The number of aromatic nitrogens is 1. The number of aryl methyl sites for hydroxylation is 1. The second-order valence-corrected chi connectivity index (χ2v) is 5.20. The maximum absolute atomic E-state index is 10.9. The molecule has 0 amide bonds. The zero-order valence-electron chi connectivity index (χ0n) is 10.8. The molecule has 0 bridgehead atoms. The first-order valence-corrected chi connectivity index (χ1v) is 6.80. The van der Waals surface area contributed by atoms with Gasteiger partial charge in [0.1, 0.15) is 5.75 Å². The molecule has 0 spiro atoms. The Labute approximate surface area is 115 Å². The van der Waals surface area contributed by atoms with Gasteiger partial charge in [-0.2, -0.15) is 0 Å². The number of hydrogen-bond donors (Lipinski definition) is 1. The molecule has 0 aliphatic heterocycles. The van der Waals surface area contributed by atoms with Crippen LogP contribution in [0.4, 0.5) is 0 Å². The van der Waals surface area contributed by atoms with Crippen molar-refractivity contribution in [2.75, 3.05) is 7.11 Å². The lowest BCUT2D eigenvalue weighted by Gasteiger charge is -2.03. The third-order valence-corrected chi connectivity index (χ3v) is 3.90. The van der Waals surface area contributed by atoms with E-state index in [1.165, 1.54) is 11.3 Å². The van der Waals surface area contributed by atoms with E-state index in [1.54, 1.807) is 7.11 Å². The van der Waals surface area contributed by atoms with Crippen molar-refractivity contribution in [3.8, 4) is 17.0 Å². The molecule has 0 saturated heterocycles. The number of carbonyl (C=O) groups is 1. The highest BCUT2D eigenvalue weighted by Gasteiger charge is 2.15. The summed E-state index contributed by atoms with van der Waals surface area (Å²) in [5.41, 5.74) is 1.65. The number of carboxylic acid groups (broad SMARTS) is 1. The molecule has 100 valence electrons. The Balaban J connectivity index is 2.46. The van der Waals surface area contributed by atoms with E-state index >= 15 is 0 Å². The number of carboxylic acids is 1. The number of ether oxygens (including phenoxy) is 1. The zero-order valence-corrected chi connectivity index (χ0v) is 11.7. The number of rotatable bonds is 5. The topological polar surface area (TPSA) is 59.4 Å². The number of aliphatic carboxylic acids is 1. The maximum atomic E-state index is 10.9. The van der Waals surface area contributed by atoms with E-state index in [2.05, 4.69) is 4.98 Å². The van der Waals surface area contributed by atoms with Crippen LogP contribution >= 0.6 is 11.3 Å². The number of hydrogen-bond acceptors (Lipinski definition) is 4. The van der Waals surface area contributed by atoms with E-state index < -0.39 is 5.97 Å². The molecule has 2 rings (SSSR count). The SMILES string of the molecule is CCc1nc(-c2cccc(OC)c2)c(CC(=O)O)s1. The van der Waals surface area contributed by atoms with Crippen molar-refractivity contribution in [1.82, 2.24) is 4.98 Å². The van der Waals surface area contributed by atoms with Gasteiger partial charge in [0, 0.05) is 10.4 Å². The van der Waals surface area contributed by atoms with Crippen LogP contribution in [0.15, 0.2) is 24.3 Å². The Bertz CT molecular complexity index is 592. The van der Waals surface area contributed by atoms with Crippen LogP contribution in [0.2, 0.25) is 0 Å². The molecule has 0 atom stereocenters. The van der Waals surface area contributed by atoms with Crippen molar-refractivity contribution in [1.29, 1.82) is 0 Å². The number of methoxy groups -OCH3 is 1. The van der Waals surface area contributed by atoms with Crippen molar-refractivity contribution in [3.63, 3.8) is 0 Å². The van der Waals surface area contributed by atoms with Crippen LogP contribution in [0.25, 0.3) is 11.3 Å². The average molecular weight is 277 g/mol. The van der Waals surface area contributed by atoms with Crippen molar-refractivity contribution < 1.29 is 14.6 Å². The van der Waals surface area contributed by atoms with Gasteiger partial charge in [-0.25, -0.2) is 4.98 Å². The fourth-order valence-electron chi connectivity index (χ4n) is 1.80. The molecule has 19 heavy (non-hydrogen) atoms. The fraction of sp³-hybridized carbons (Fsp3) is 0.286. The van der Waals surface area contributed by atoms with Crippen LogP contribution in [-0.4, -0.2) is 23.2 Å². The van der Waals surface area contributed by atoms with Crippen LogP contribution < -0.4 is 4.74 Å². The third kappa shape index (κ3) is 3.12. The van der Waals surface area contributed by atoms with Crippen LogP contribution in [0.1, 0.15) is 16.8 Å². The summed E-state index contributed by atoms with van der Waals surface area (Å²) in [5, 5.41) is 9.93. The molecule has 0 aliphatic carbocycles. The highest BCUT2D eigenvalue weighted by molar-refractivity contribution is 7.12. The average Bonchev–Trinajstić information content (AvgIpc) is 2.81. The van der Waals surface area contributed by atoms with E-state index in [9.17, 15) is 4.79 Å². The molecule has 2 aromatic rings. The minimum absolute atomic E-state index is 0.00418. The summed E-state index contributed by atoms with van der Waals surface area (Å²) in [6.07, 6.45) is 0.811. The van der Waals surface area contributed by atoms with Gasteiger partial charge >= 0.3 is 5.97 Å². The van der Waals surface area contributed by atoms with Crippen LogP contribution in [-0.2, 0) is 17.6 Å². The predicted molar refractivity (Wildman–Crippen MR) is 74.8 cm³/mol. The first-order valence-electron chi connectivity index (χ1n) is 5.98. The molecule has 0 radical (unpaired) electrons. The highest BCUT2D eigenvalue weighted by atomic mass is 32.1. The van der Waals surface area contributed by atoms with Gasteiger partial charge in [0.2, 0.25) is 0 Å². The van der Waals surface area contributed by atoms with Crippen LogP contribution in [0.3, 0.4) is 0 Å². The molecule has 4 nitrogen and oxygen atoms in total. The lowest BCUT2D eigenvalue weighted by Crippen LogP contribution is -1.99. The molecule has 1 N–H and O–H groups in total. The summed E-state index contributed by atoms with van der Waals surface area (Å²) in [7, 11) is 1.61. The van der Waals surface area contributed by atoms with Gasteiger partial charge in [-0.05, 0) is 18.6 Å².